The Balaban J connectivity index is 1.98. The lowest BCUT2D eigenvalue weighted by Gasteiger charge is -2.22. The van der Waals surface area contributed by atoms with Crippen molar-refractivity contribution >= 4 is 38.9 Å². The molecule has 26 heavy (non-hydrogen) atoms. The molecule has 0 spiro atoms. The monoisotopic (exact) mass is 394 g/mol. The summed E-state index contributed by atoms with van der Waals surface area (Å²) < 4.78 is 25.4. The molecule has 2 aromatic rings. The molecule has 0 aliphatic carbocycles. The second-order valence-corrected chi connectivity index (χ2v) is 8.62. The van der Waals surface area contributed by atoms with Gasteiger partial charge in [-0.15, -0.1) is 0 Å². The van der Waals surface area contributed by atoms with Gasteiger partial charge < -0.3 is 5.32 Å². The van der Waals surface area contributed by atoms with Crippen molar-refractivity contribution in [3.05, 3.63) is 58.6 Å². The van der Waals surface area contributed by atoms with Gasteiger partial charge in [0.1, 0.15) is 0 Å². The van der Waals surface area contributed by atoms with E-state index in [9.17, 15) is 13.2 Å². The number of hydrogen-bond acceptors (Lipinski definition) is 3. The van der Waals surface area contributed by atoms with E-state index in [0.29, 0.717) is 17.1 Å². The fourth-order valence-electron chi connectivity index (χ4n) is 2.56. The normalized spacial score (nSPS) is 11.2. The van der Waals surface area contributed by atoms with Gasteiger partial charge in [0.15, 0.2) is 0 Å². The highest BCUT2D eigenvalue weighted by Crippen LogP contribution is 2.21. The van der Waals surface area contributed by atoms with E-state index in [1.807, 2.05) is 32.0 Å². The van der Waals surface area contributed by atoms with Gasteiger partial charge in [-0.2, -0.15) is 0 Å². The second-order valence-electron chi connectivity index (χ2n) is 6.28. The average Bonchev–Trinajstić information content (AvgIpc) is 2.55. The lowest BCUT2D eigenvalue weighted by atomic mass is 10.1. The molecule has 0 aliphatic heterocycles. The zero-order valence-corrected chi connectivity index (χ0v) is 16.7. The third kappa shape index (κ3) is 5.75. The first kappa shape index (κ1) is 20.3. The fourth-order valence-corrected chi connectivity index (χ4v) is 3.65. The summed E-state index contributed by atoms with van der Waals surface area (Å²) in [6.45, 7) is 4.12. The number of nitrogens with one attached hydrogen (secondary N) is 1. The number of anilines is 2. The number of carbonyl (C=O) groups is 1. The van der Waals surface area contributed by atoms with Crippen LogP contribution in [0, 0.1) is 13.8 Å². The van der Waals surface area contributed by atoms with Gasteiger partial charge in [0.2, 0.25) is 15.9 Å². The summed E-state index contributed by atoms with van der Waals surface area (Å²) >= 11 is 5.86. The summed E-state index contributed by atoms with van der Waals surface area (Å²) in [7, 11) is -3.44. The first-order valence-corrected chi connectivity index (χ1v) is 10.5. The van der Waals surface area contributed by atoms with Gasteiger partial charge in [-0.1, -0.05) is 23.7 Å². The summed E-state index contributed by atoms with van der Waals surface area (Å²) in [4.78, 5) is 12.2. The number of nitrogens with zero attached hydrogens (tertiary/aromatic N) is 1. The highest BCUT2D eigenvalue weighted by atomic mass is 35.5. The summed E-state index contributed by atoms with van der Waals surface area (Å²) in [6.07, 6.45) is 1.79. The smallest absolute Gasteiger partial charge is 0.232 e. The van der Waals surface area contributed by atoms with Crippen LogP contribution in [0.3, 0.4) is 0 Å². The van der Waals surface area contributed by atoms with Crippen LogP contribution in [0.5, 0.6) is 0 Å². The molecule has 0 bridgehead atoms. The molecule has 0 unspecified atom stereocenters. The predicted octanol–water partition coefficient (Wildman–Crippen LogP) is 4.14. The molecule has 1 amide bonds. The minimum atomic E-state index is -3.44. The van der Waals surface area contributed by atoms with Crippen molar-refractivity contribution in [1.82, 2.24) is 0 Å². The Morgan fingerprint density at radius 2 is 1.77 bits per heavy atom. The van der Waals surface area contributed by atoms with E-state index in [1.54, 1.807) is 24.3 Å². The first-order chi connectivity index (χ1) is 12.2. The van der Waals surface area contributed by atoms with E-state index in [2.05, 4.69) is 5.32 Å². The van der Waals surface area contributed by atoms with Crippen LogP contribution in [0.15, 0.2) is 42.5 Å². The van der Waals surface area contributed by atoms with Crippen molar-refractivity contribution < 1.29 is 13.2 Å². The third-order valence-corrected chi connectivity index (χ3v) is 5.39. The molecule has 0 atom stereocenters. The maximum Gasteiger partial charge on any atom is 0.232 e. The molecule has 7 heteroatoms. The molecule has 0 radical (unpaired) electrons. The van der Waals surface area contributed by atoms with Crippen LogP contribution in [0.25, 0.3) is 0 Å². The molecule has 0 aliphatic rings. The molecule has 0 heterocycles. The van der Waals surface area contributed by atoms with Crippen molar-refractivity contribution in [3.8, 4) is 0 Å². The number of halogens is 1. The number of carbonyl (C=O) groups excluding carboxylic acids is 1. The standard InChI is InChI=1S/C19H23ClN2O3S/c1-14-6-7-15(2)18(13-14)21-19(23)5-4-12-22(26(3,24)25)17-10-8-16(20)9-11-17/h6-11,13H,4-5,12H2,1-3H3,(H,21,23). The molecule has 1 N–H and O–H groups in total. The Labute approximate surface area is 160 Å². The molecule has 2 rings (SSSR count). The van der Waals surface area contributed by atoms with Gasteiger partial charge in [-0.25, -0.2) is 8.42 Å². The first-order valence-electron chi connectivity index (χ1n) is 8.27. The highest BCUT2D eigenvalue weighted by Gasteiger charge is 2.17. The number of amides is 1. The van der Waals surface area contributed by atoms with Crippen LogP contribution < -0.4 is 9.62 Å². The van der Waals surface area contributed by atoms with Crippen LogP contribution in [-0.4, -0.2) is 27.1 Å². The molecule has 140 valence electrons. The van der Waals surface area contributed by atoms with E-state index in [-0.39, 0.29) is 18.9 Å². The molecule has 0 aromatic heterocycles. The lowest BCUT2D eigenvalue weighted by Crippen LogP contribution is -2.31. The van der Waals surface area contributed by atoms with Crippen molar-refractivity contribution in [1.29, 1.82) is 0 Å². The minimum Gasteiger partial charge on any atom is -0.326 e. The van der Waals surface area contributed by atoms with Crippen LogP contribution in [0.2, 0.25) is 5.02 Å². The molecule has 2 aromatic carbocycles. The number of benzene rings is 2. The molecular formula is C19H23ClN2O3S. The summed E-state index contributed by atoms with van der Waals surface area (Å²) in [5, 5.41) is 3.42. The van der Waals surface area contributed by atoms with E-state index in [0.717, 1.165) is 23.1 Å². The van der Waals surface area contributed by atoms with E-state index < -0.39 is 10.0 Å². The lowest BCUT2D eigenvalue weighted by molar-refractivity contribution is -0.116. The maximum absolute atomic E-state index is 12.2. The second kappa shape index (κ2) is 8.56. The zero-order chi connectivity index (χ0) is 19.3. The van der Waals surface area contributed by atoms with Crippen LogP contribution in [-0.2, 0) is 14.8 Å². The zero-order valence-electron chi connectivity index (χ0n) is 15.1. The Morgan fingerprint density at radius 3 is 2.38 bits per heavy atom. The Morgan fingerprint density at radius 1 is 1.12 bits per heavy atom. The van der Waals surface area contributed by atoms with Crippen LogP contribution >= 0.6 is 11.6 Å². The Kier molecular flexibility index (Phi) is 6.67. The SMILES string of the molecule is Cc1ccc(C)c(NC(=O)CCCN(c2ccc(Cl)cc2)S(C)(=O)=O)c1. The third-order valence-electron chi connectivity index (χ3n) is 3.95. The molecule has 5 nitrogen and oxygen atoms in total. The molecule has 0 saturated heterocycles. The summed E-state index contributed by atoms with van der Waals surface area (Å²) in [5.74, 6) is -0.136. The van der Waals surface area contributed by atoms with Crippen molar-refractivity contribution in [2.45, 2.75) is 26.7 Å². The van der Waals surface area contributed by atoms with E-state index in [4.69, 9.17) is 11.6 Å². The van der Waals surface area contributed by atoms with Crippen molar-refractivity contribution in [2.24, 2.45) is 0 Å². The van der Waals surface area contributed by atoms with Gasteiger partial charge in [0, 0.05) is 23.7 Å². The molecule has 0 saturated carbocycles. The predicted molar refractivity (Wildman–Crippen MR) is 107 cm³/mol. The topological polar surface area (TPSA) is 66.5 Å². The average molecular weight is 395 g/mol. The van der Waals surface area contributed by atoms with Crippen molar-refractivity contribution in [3.63, 3.8) is 0 Å². The number of aryl methyl sites for hydroxylation is 2. The quantitative estimate of drug-likeness (QED) is 0.767. The van der Waals surface area contributed by atoms with E-state index in [1.165, 1.54) is 4.31 Å². The summed E-state index contributed by atoms with van der Waals surface area (Å²) in [6, 6.07) is 12.4. The fraction of sp³-hybridized carbons (Fsp3) is 0.316. The number of sulfonamides is 1. The van der Waals surface area contributed by atoms with Gasteiger partial charge in [0.05, 0.1) is 11.9 Å². The highest BCUT2D eigenvalue weighted by molar-refractivity contribution is 7.92. The number of hydrogen-bond donors (Lipinski definition) is 1. The maximum atomic E-state index is 12.2. The van der Waals surface area contributed by atoms with Gasteiger partial charge in [0.25, 0.3) is 0 Å². The molecular weight excluding hydrogens is 372 g/mol. The van der Waals surface area contributed by atoms with Gasteiger partial charge in [-0.05, 0) is 61.7 Å². The van der Waals surface area contributed by atoms with Crippen molar-refractivity contribution in [2.75, 3.05) is 22.4 Å². The Bertz CT molecular complexity index is 880. The largest absolute Gasteiger partial charge is 0.326 e. The van der Waals surface area contributed by atoms with Crippen LogP contribution in [0.4, 0.5) is 11.4 Å². The van der Waals surface area contributed by atoms with Gasteiger partial charge >= 0.3 is 0 Å². The van der Waals surface area contributed by atoms with E-state index >= 15 is 0 Å². The Hall–Kier alpha value is -2.05. The van der Waals surface area contributed by atoms with Gasteiger partial charge in [-0.3, -0.25) is 9.10 Å². The number of rotatable bonds is 7. The summed E-state index contributed by atoms with van der Waals surface area (Å²) in [5.41, 5.74) is 3.37. The van der Waals surface area contributed by atoms with Crippen LogP contribution in [0.1, 0.15) is 24.0 Å². The molecule has 0 fully saturated rings. The minimum absolute atomic E-state index is 0.136.